The van der Waals surface area contributed by atoms with Gasteiger partial charge in [0.25, 0.3) is 0 Å². The van der Waals surface area contributed by atoms with Crippen molar-refractivity contribution in [2.24, 2.45) is 0 Å². The molecule has 0 aliphatic heterocycles. The van der Waals surface area contributed by atoms with Gasteiger partial charge in [0.1, 0.15) is 17.2 Å². The molecule has 174 valence electrons. The predicted molar refractivity (Wildman–Crippen MR) is 132 cm³/mol. The molecule has 0 atom stereocenters. The second kappa shape index (κ2) is 10.0. The Morgan fingerprint density at radius 3 is 2.62 bits per heavy atom. The molecule has 6 nitrogen and oxygen atoms in total. The number of para-hydroxylation sites is 2. The smallest absolute Gasteiger partial charge is 0.246 e. The van der Waals surface area contributed by atoms with Crippen LogP contribution in [-0.2, 0) is 22.6 Å². The van der Waals surface area contributed by atoms with Gasteiger partial charge >= 0.3 is 0 Å². The number of anilines is 2. The monoisotopic (exact) mass is 477 g/mol. The van der Waals surface area contributed by atoms with Crippen LogP contribution in [0.5, 0.6) is 0 Å². The number of furan rings is 1. The first-order valence-corrected chi connectivity index (χ1v) is 11.7. The molecule has 0 saturated heterocycles. The number of hydrogen-bond acceptors (Lipinski definition) is 5. The summed E-state index contributed by atoms with van der Waals surface area (Å²) in [5.74, 6) is -0.198. The van der Waals surface area contributed by atoms with Crippen molar-refractivity contribution in [3.63, 3.8) is 0 Å². The zero-order valence-electron chi connectivity index (χ0n) is 19.1. The van der Waals surface area contributed by atoms with Crippen molar-refractivity contribution in [1.29, 1.82) is 0 Å². The topological polar surface area (TPSA) is 66.7 Å². The fraction of sp³-hybridized carbons (Fsp3) is 0.192. The average Bonchev–Trinajstić information content (AvgIpc) is 3.43. The van der Waals surface area contributed by atoms with Crippen LogP contribution in [0.4, 0.5) is 15.2 Å². The van der Waals surface area contributed by atoms with E-state index in [1.165, 1.54) is 41.4 Å². The summed E-state index contributed by atoms with van der Waals surface area (Å²) < 4.78 is 20.2. The Morgan fingerprint density at radius 1 is 1.15 bits per heavy atom. The number of nitrogens with zero attached hydrogens (tertiary/aromatic N) is 3. The summed E-state index contributed by atoms with van der Waals surface area (Å²) in [7, 11) is 1.73. The molecular weight excluding hydrogens is 453 g/mol. The van der Waals surface area contributed by atoms with Gasteiger partial charge in [-0.2, -0.15) is 0 Å². The molecule has 0 fully saturated rings. The van der Waals surface area contributed by atoms with Gasteiger partial charge in [-0.25, -0.2) is 9.37 Å². The number of fused-ring (bicyclic) bond motifs is 1. The maximum Gasteiger partial charge on any atom is 0.246 e. The lowest BCUT2D eigenvalue weighted by atomic mass is 10.1. The van der Waals surface area contributed by atoms with Crippen molar-refractivity contribution in [3.8, 4) is 0 Å². The number of carbonyl (C=O) groups excluding carboxylic acids is 2. The highest BCUT2D eigenvalue weighted by Gasteiger charge is 2.21. The van der Waals surface area contributed by atoms with Crippen LogP contribution in [0.2, 0.25) is 0 Å². The van der Waals surface area contributed by atoms with E-state index in [0.29, 0.717) is 17.4 Å². The minimum absolute atomic E-state index is 0.134. The van der Waals surface area contributed by atoms with Crippen LogP contribution >= 0.6 is 11.3 Å². The average molecular weight is 478 g/mol. The molecule has 2 amide bonds. The van der Waals surface area contributed by atoms with Crippen LogP contribution < -0.4 is 4.90 Å². The Balaban J connectivity index is 1.50. The van der Waals surface area contributed by atoms with Crippen molar-refractivity contribution in [1.82, 2.24) is 9.88 Å². The van der Waals surface area contributed by atoms with Crippen molar-refractivity contribution in [2.45, 2.75) is 26.8 Å². The van der Waals surface area contributed by atoms with Crippen molar-refractivity contribution in [2.75, 3.05) is 11.9 Å². The summed E-state index contributed by atoms with van der Waals surface area (Å²) in [5.41, 5.74) is 2.45. The molecule has 0 spiro atoms. The zero-order valence-corrected chi connectivity index (χ0v) is 19.9. The molecule has 0 saturated carbocycles. The first-order valence-electron chi connectivity index (χ1n) is 10.8. The van der Waals surface area contributed by atoms with Gasteiger partial charge < -0.3 is 9.32 Å². The number of carbonyl (C=O) groups is 2. The Morgan fingerprint density at radius 2 is 1.88 bits per heavy atom. The second-order valence-electron chi connectivity index (χ2n) is 7.74. The van der Waals surface area contributed by atoms with Crippen LogP contribution in [0.3, 0.4) is 0 Å². The van der Waals surface area contributed by atoms with Gasteiger partial charge in [0, 0.05) is 49.3 Å². The van der Waals surface area contributed by atoms with Gasteiger partial charge in [0.05, 0.1) is 11.4 Å². The summed E-state index contributed by atoms with van der Waals surface area (Å²) in [4.78, 5) is 32.2. The van der Waals surface area contributed by atoms with E-state index in [2.05, 4.69) is 4.98 Å². The van der Waals surface area contributed by atoms with E-state index in [4.69, 9.17) is 4.42 Å². The number of benzene rings is 2. The molecule has 0 aliphatic rings. The number of rotatable bonds is 7. The second-order valence-corrected chi connectivity index (χ2v) is 8.58. The third-order valence-corrected chi connectivity index (χ3v) is 6.22. The largest absolute Gasteiger partial charge is 0.461 e. The van der Waals surface area contributed by atoms with Crippen molar-refractivity contribution in [3.05, 3.63) is 82.8 Å². The lowest BCUT2D eigenvalue weighted by Gasteiger charge is -2.18. The normalized spacial score (nSPS) is 11.3. The molecule has 8 heteroatoms. The molecule has 0 N–H and O–H groups in total. The van der Waals surface area contributed by atoms with Crippen LogP contribution in [0.1, 0.15) is 30.9 Å². The minimum atomic E-state index is -0.514. The van der Waals surface area contributed by atoms with Crippen LogP contribution in [0.15, 0.2) is 64.4 Å². The summed E-state index contributed by atoms with van der Waals surface area (Å²) in [6.45, 7) is 3.79. The standard InChI is InChI=1S/C26H24FN3O3S/c1-4-23-20(19-9-5-8-12-24(19)33-23)15-29(3)25(32)14-13-18-16-34-26(28-18)30(17(2)31)22-11-7-6-10-21(22)27/h5-14,16H,4,15H2,1-3H3/b14-13+. The van der Waals surface area contributed by atoms with Gasteiger partial charge in [-0.15, -0.1) is 11.3 Å². The molecule has 2 aromatic carbocycles. The molecule has 2 heterocycles. The van der Waals surface area contributed by atoms with Crippen LogP contribution in [0, 0.1) is 5.82 Å². The first-order chi connectivity index (χ1) is 16.4. The SMILES string of the molecule is CCc1oc2ccccc2c1CN(C)C(=O)/C=C/c1csc(N(C(C)=O)c2ccccc2F)n1. The zero-order chi connectivity index (χ0) is 24.2. The lowest BCUT2D eigenvalue weighted by molar-refractivity contribution is -0.125. The fourth-order valence-corrected chi connectivity index (χ4v) is 4.55. The maximum absolute atomic E-state index is 14.3. The Bertz CT molecular complexity index is 1370. The van der Waals surface area contributed by atoms with Gasteiger partial charge in [0.15, 0.2) is 5.13 Å². The number of likely N-dealkylation sites (N-methyl/N-ethyl adjacent to an activating group) is 1. The molecule has 0 bridgehead atoms. The Kier molecular flexibility index (Phi) is 6.88. The van der Waals surface area contributed by atoms with Gasteiger partial charge in [0.2, 0.25) is 11.8 Å². The number of halogens is 1. The van der Waals surface area contributed by atoms with Gasteiger partial charge in [-0.3, -0.25) is 14.5 Å². The highest BCUT2D eigenvalue weighted by atomic mass is 32.1. The number of aryl methyl sites for hydroxylation is 1. The molecular formula is C26H24FN3O3S. The third kappa shape index (κ3) is 4.77. The van der Waals surface area contributed by atoms with E-state index in [0.717, 1.165) is 28.7 Å². The van der Waals surface area contributed by atoms with E-state index in [1.807, 2.05) is 31.2 Å². The molecule has 4 aromatic rings. The third-order valence-electron chi connectivity index (χ3n) is 5.38. The first kappa shape index (κ1) is 23.4. The number of aromatic nitrogens is 1. The molecule has 4 rings (SSSR count). The van der Waals surface area contributed by atoms with E-state index in [1.54, 1.807) is 35.5 Å². The minimum Gasteiger partial charge on any atom is -0.461 e. The molecule has 34 heavy (non-hydrogen) atoms. The van der Waals surface area contributed by atoms with Crippen LogP contribution in [0.25, 0.3) is 17.0 Å². The Labute approximate surface area is 200 Å². The van der Waals surface area contributed by atoms with E-state index >= 15 is 0 Å². The fourth-order valence-electron chi connectivity index (χ4n) is 3.70. The summed E-state index contributed by atoms with van der Waals surface area (Å²) in [5, 5.41) is 3.05. The highest BCUT2D eigenvalue weighted by Crippen LogP contribution is 2.31. The Hall–Kier alpha value is -3.78. The van der Waals surface area contributed by atoms with E-state index < -0.39 is 5.82 Å². The maximum atomic E-state index is 14.3. The van der Waals surface area contributed by atoms with E-state index in [-0.39, 0.29) is 17.5 Å². The van der Waals surface area contributed by atoms with E-state index in [9.17, 15) is 14.0 Å². The quantitative estimate of drug-likeness (QED) is 0.309. The number of amides is 2. The van der Waals surface area contributed by atoms with Crippen molar-refractivity contribution >= 4 is 51.0 Å². The molecule has 0 radical (unpaired) electrons. The number of thiazole rings is 1. The summed E-state index contributed by atoms with van der Waals surface area (Å²) in [6.07, 6.45) is 3.76. The van der Waals surface area contributed by atoms with Gasteiger partial charge in [-0.1, -0.05) is 37.3 Å². The summed E-state index contributed by atoms with van der Waals surface area (Å²) >= 11 is 1.20. The number of hydrogen-bond donors (Lipinski definition) is 0. The predicted octanol–water partition coefficient (Wildman–Crippen LogP) is 5.95. The molecule has 2 aromatic heterocycles. The molecule has 0 unspecified atom stereocenters. The lowest BCUT2D eigenvalue weighted by Crippen LogP contribution is -2.24. The summed E-state index contributed by atoms with van der Waals surface area (Å²) in [6, 6.07) is 13.8. The van der Waals surface area contributed by atoms with Crippen molar-refractivity contribution < 1.29 is 18.4 Å². The molecule has 0 aliphatic carbocycles. The highest BCUT2D eigenvalue weighted by molar-refractivity contribution is 7.14. The van der Waals surface area contributed by atoms with Crippen LogP contribution in [-0.4, -0.2) is 28.7 Å². The van der Waals surface area contributed by atoms with Gasteiger partial charge in [-0.05, 0) is 24.3 Å².